The Balaban J connectivity index is 1.58. The van der Waals surface area contributed by atoms with Crippen molar-refractivity contribution in [3.8, 4) is 10.6 Å². The summed E-state index contributed by atoms with van der Waals surface area (Å²) in [7, 11) is 0. The van der Waals surface area contributed by atoms with Crippen LogP contribution in [0.25, 0.3) is 10.6 Å². The van der Waals surface area contributed by atoms with E-state index in [0.29, 0.717) is 13.1 Å². The molecule has 0 saturated heterocycles. The molecule has 1 unspecified atom stereocenters. The molecule has 0 bridgehead atoms. The lowest BCUT2D eigenvalue weighted by Crippen LogP contribution is -2.31. The second kappa shape index (κ2) is 6.52. The highest BCUT2D eigenvalue weighted by molar-refractivity contribution is 7.13. The van der Waals surface area contributed by atoms with Gasteiger partial charge in [-0.1, -0.05) is 13.0 Å². The zero-order chi connectivity index (χ0) is 15.4. The molecule has 2 N–H and O–H groups in total. The lowest BCUT2D eigenvalue weighted by Gasteiger charge is -2.11. The second-order valence-corrected chi connectivity index (χ2v) is 5.93. The van der Waals surface area contributed by atoms with Gasteiger partial charge in [0.25, 0.3) is 0 Å². The lowest BCUT2D eigenvalue weighted by molar-refractivity contribution is -0.125. The van der Waals surface area contributed by atoms with Crippen LogP contribution in [0, 0.1) is 5.92 Å². The van der Waals surface area contributed by atoms with Crippen molar-refractivity contribution < 1.29 is 4.79 Å². The van der Waals surface area contributed by atoms with Crippen LogP contribution in [0.3, 0.4) is 0 Å². The summed E-state index contributed by atoms with van der Waals surface area (Å²) in [6.07, 6.45) is 4.82. The van der Waals surface area contributed by atoms with Crippen molar-refractivity contribution >= 4 is 17.2 Å². The number of aromatic nitrogens is 5. The maximum atomic E-state index is 12.2. The molecule has 3 heterocycles. The van der Waals surface area contributed by atoms with Gasteiger partial charge in [-0.2, -0.15) is 10.2 Å². The highest BCUT2D eigenvalue weighted by Gasteiger charge is 2.15. The fourth-order valence-electron chi connectivity index (χ4n) is 2.13. The molecule has 114 valence electrons. The van der Waals surface area contributed by atoms with Crippen molar-refractivity contribution in [3.63, 3.8) is 0 Å². The van der Waals surface area contributed by atoms with Crippen LogP contribution in [-0.4, -0.2) is 30.9 Å². The van der Waals surface area contributed by atoms with Gasteiger partial charge in [0.1, 0.15) is 12.7 Å². The molecule has 3 aromatic heterocycles. The number of nitrogens with zero attached hydrogens (tertiary/aromatic N) is 4. The lowest BCUT2D eigenvalue weighted by atomic mass is 10.1. The number of carbonyl (C=O) groups excluding carboxylic acids is 1. The van der Waals surface area contributed by atoms with Crippen LogP contribution < -0.4 is 5.32 Å². The van der Waals surface area contributed by atoms with Gasteiger partial charge in [0.2, 0.25) is 5.91 Å². The van der Waals surface area contributed by atoms with Gasteiger partial charge in [-0.05, 0) is 11.4 Å². The van der Waals surface area contributed by atoms with E-state index in [4.69, 9.17) is 0 Å². The van der Waals surface area contributed by atoms with E-state index in [1.54, 1.807) is 28.5 Å². The summed E-state index contributed by atoms with van der Waals surface area (Å²) in [6.45, 7) is 2.83. The maximum Gasteiger partial charge on any atom is 0.224 e. The quantitative estimate of drug-likeness (QED) is 0.724. The fraction of sp³-hybridized carbons (Fsp3) is 0.286. The summed E-state index contributed by atoms with van der Waals surface area (Å²) in [4.78, 5) is 17.1. The summed E-state index contributed by atoms with van der Waals surface area (Å²) in [5, 5.41) is 16.0. The third-order valence-electron chi connectivity index (χ3n) is 3.31. The van der Waals surface area contributed by atoms with Gasteiger partial charge in [-0.15, -0.1) is 11.3 Å². The SMILES string of the molecule is CC(Cn1cncn1)C(=O)NCc1cn[nH]c1-c1cccs1. The van der Waals surface area contributed by atoms with E-state index in [0.717, 1.165) is 16.1 Å². The highest BCUT2D eigenvalue weighted by atomic mass is 32.1. The summed E-state index contributed by atoms with van der Waals surface area (Å²) in [5.41, 5.74) is 1.93. The van der Waals surface area contributed by atoms with Gasteiger partial charge in [0.05, 0.1) is 29.2 Å². The molecule has 3 aromatic rings. The summed E-state index contributed by atoms with van der Waals surface area (Å²) in [5.74, 6) is -0.201. The van der Waals surface area contributed by atoms with Crippen molar-refractivity contribution in [2.45, 2.75) is 20.0 Å². The van der Waals surface area contributed by atoms with E-state index >= 15 is 0 Å². The number of H-pyrrole nitrogens is 1. The van der Waals surface area contributed by atoms with Gasteiger partial charge >= 0.3 is 0 Å². The first-order chi connectivity index (χ1) is 10.7. The average Bonchev–Trinajstić information content (AvgIpc) is 3.25. The van der Waals surface area contributed by atoms with Gasteiger partial charge in [-0.25, -0.2) is 4.98 Å². The molecule has 0 aliphatic heterocycles. The van der Waals surface area contributed by atoms with E-state index < -0.39 is 0 Å². The normalized spacial score (nSPS) is 12.2. The Morgan fingerprint density at radius 1 is 1.55 bits per heavy atom. The maximum absolute atomic E-state index is 12.2. The number of aromatic amines is 1. The van der Waals surface area contributed by atoms with Crippen LogP contribution >= 0.6 is 11.3 Å². The smallest absolute Gasteiger partial charge is 0.224 e. The molecule has 0 spiro atoms. The zero-order valence-electron chi connectivity index (χ0n) is 12.1. The molecule has 0 aromatic carbocycles. The van der Waals surface area contributed by atoms with E-state index in [-0.39, 0.29) is 11.8 Å². The standard InChI is InChI=1S/C14H16N6OS/c1-10(7-20-9-15-8-18-20)14(21)16-5-11-6-17-19-13(11)12-3-2-4-22-12/h2-4,6,8-10H,5,7H2,1H3,(H,16,21)(H,17,19). The molecule has 0 radical (unpaired) electrons. The van der Waals surface area contributed by atoms with E-state index in [2.05, 4.69) is 25.6 Å². The van der Waals surface area contributed by atoms with Crippen molar-refractivity contribution in [2.24, 2.45) is 5.92 Å². The molecular weight excluding hydrogens is 300 g/mol. The molecule has 3 rings (SSSR count). The first kappa shape index (κ1) is 14.5. The van der Waals surface area contributed by atoms with E-state index in [1.807, 2.05) is 24.4 Å². The molecule has 1 atom stereocenters. The zero-order valence-corrected chi connectivity index (χ0v) is 12.9. The minimum Gasteiger partial charge on any atom is -0.352 e. The number of hydrogen-bond acceptors (Lipinski definition) is 5. The fourth-order valence-corrected chi connectivity index (χ4v) is 2.88. The number of nitrogens with one attached hydrogen (secondary N) is 2. The molecule has 7 nitrogen and oxygen atoms in total. The largest absolute Gasteiger partial charge is 0.352 e. The van der Waals surface area contributed by atoms with E-state index in [9.17, 15) is 4.79 Å². The monoisotopic (exact) mass is 316 g/mol. The number of amides is 1. The summed E-state index contributed by atoms with van der Waals surface area (Å²) >= 11 is 1.64. The second-order valence-electron chi connectivity index (χ2n) is 4.98. The van der Waals surface area contributed by atoms with Gasteiger partial charge in [-0.3, -0.25) is 14.6 Å². The third kappa shape index (κ3) is 3.22. The summed E-state index contributed by atoms with van der Waals surface area (Å²) < 4.78 is 1.65. The third-order valence-corrected chi connectivity index (χ3v) is 4.20. The molecule has 0 aliphatic carbocycles. The van der Waals surface area contributed by atoms with E-state index in [1.165, 1.54) is 6.33 Å². The highest BCUT2D eigenvalue weighted by Crippen LogP contribution is 2.25. The Morgan fingerprint density at radius 2 is 2.45 bits per heavy atom. The molecule has 0 aliphatic rings. The summed E-state index contributed by atoms with van der Waals surface area (Å²) in [6, 6.07) is 4.01. The first-order valence-electron chi connectivity index (χ1n) is 6.90. The van der Waals surface area contributed by atoms with Gasteiger partial charge in [0, 0.05) is 12.1 Å². The van der Waals surface area contributed by atoms with Gasteiger partial charge in [0.15, 0.2) is 0 Å². The topological polar surface area (TPSA) is 88.5 Å². The van der Waals surface area contributed by atoms with Crippen LogP contribution in [0.4, 0.5) is 0 Å². The Labute approximate surface area is 131 Å². The number of hydrogen-bond donors (Lipinski definition) is 2. The van der Waals surface area contributed by atoms with Crippen LogP contribution in [0.1, 0.15) is 12.5 Å². The Hall–Kier alpha value is -2.48. The minimum atomic E-state index is -0.182. The predicted molar refractivity (Wildman–Crippen MR) is 82.9 cm³/mol. The number of thiophene rings is 1. The van der Waals surface area contributed by atoms with Crippen molar-refractivity contribution in [1.82, 2.24) is 30.3 Å². The average molecular weight is 316 g/mol. The Morgan fingerprint density at radius 3 is 3.18 bits per heavy atom. The van der Waals surface area contributed by atoms with Crippen LogP contribution in [0.2, 0.25) is 0 Å². The molecule has 8 heteroatoms. The van der Waals surface area contributed by atoms with Crippen LogP contribution in [-0.2, 0) is 17.9 Å². The minimum absolute atomic E-state index is 0.0196. The van der Waals surface area contributed by atoms with Crippen molar-refractivity contribution in [3.05, 3.63) is 41.9 Å². The number of rotatable bonds is 6. The Kier molecular flexibility index (Phi) is 4.29. The first-order valence-corrected chi connectivity index (χ1v) is 7.78. The predicted octanol–water partition coefficient (Wildman–Crippen LogP) is 1.68. The molecule has 1 amide bonds. The molecular formula is C14H16N6OS. The molecule has 0 fully saturated rings. The Bertz CT molecular complexity index is 718. The van der Waals surface area contributed by atoms with Crippen molar-refractivity contribution in [1.29, 1.82) is 0 Å². The molecule has 22 heavy (non-hydrogen) atoms. The van der Waals surface area contributed by atoms with Crippen LogP contribution in [0.15, 0.2) is 36.4 Å². The van der Waals surface area contributed by atoms with Gasteiger partial charge < -0.3 is 5.32 Å². The van der Waals surface area contributed by atoms with Crippen LogP contribution in [0.5, 0.6) is 0 Å². The number of carbonyl (C=O) groups is 1. The van der Waals surface area contributed by atoms with Crippen molar-refractivity contribution in [2.75, 3.05) is 0 Å². The molecule has 0 saturated carbocycles.